The van der Waals surface area contributed by atoms with Gasteiger partial charge in [0.2, 0.25) is 11.9 Å². The standard InChI is InChI=1S/C23H25N5O2S/c1-16-9-11-18(12-10-16)28-22(27-13-5-6-14-27)25-26-23(28)31-15-21(30)24-20-8-4-3-7-19(20)17(2)29/h3-4,7-12H,5-6,13-15H2,1-2H3,(H,24,30). The minimum absolute atomic E-state index is 0.0853. The highest BCUT2D eigenvalue weighted by Gasteiger charge is 2.23. The van der Waals surface area contributed by atoms with Gasteiger partial charge in [0.15, 0.2) is 10.9 Å². The number of aromatic nitrogens is 3. The number of benzene rings is 2. The van der Waals surface area contributed by atoms with Crippen molar-refractivity contribution >= 4 is 35.1 Å². The first kappa shape index (κ1) is 21.1. The van der Waals surface area contributed by atoms with E-state index >= 15 is 0 Å². The van der Waals surface area contributed by atoms with Gasteiger partial charge in [-0.25, -0.2) is 0 Å². The van der Waals surface area contributed by atoms with Gasteiger partial charge in [-0.3, -0.25) is 14.2 Å². The number of aryl methyl sites for hydroxylation is 1. The molecule has 1 aromatic heterocycles. The summed E-state index contributed by atoms with van der Waals surface area (Å²) in [4.78, 5) is 26.6. The first-order chi connectivity index (χ1) is 15.0. The second-order valence-electron chi connectivity index (χ2n) is 7.59. The molecular weight excluding hydrogens is 410 g/mol. The van der Waals surface area contributed by atoms with E-state index in [2.05, 4.69) is 39.5 Å². The van der Waals surface area contributed by atoms with E-state index in [4.69, 9.17) is 0 Å². The third kappa shape index (κ3) is 4.80. The first-order valence-corrected chi connectivity index (χ1v) is 11.3. The van der Waals surface area contributed by atoms with Gasteiger partial charge < -0.3 is 10.2 Å². The van der Waals surface area contributed by atoms with E-state index < -0.39 is 0 Å². The predicted octanol–water partition coefficient (Wildman–Crippen LogP) is 4.11. The Morgan fingerprint density at radius 3 is 2.45 bits per heavy atom. The summed E-state index contributed by atoms with van der Waals surface area (Å²) in [6, 6.07) is 15.2. The molecule has 2 heterocycles. The molecule has 0 atom stereocenters. The molecule has 0 unspecified atom stereocenters. The monoisotopic (exact) mass is 435 g/mol. The minimum atomic E-state index is -0.195. The Morgan fingerprint density at radius 1 is 1.03 bits per heavy atom. The molecule has 160 valence electrons. The SMILES string of the molecule is CC(=O)c1ccccc1NC(=O)CSc1nnc(N2CCCC2)n1-c1ccc(C)cc1. The molecule has 1 aliphatic rings. The van der Waals surface area contributed by atoms with E-state index in [-0.39, 0.29) is 17.4 Å². The van der Waals surface area contributed by atoms with Crippen LogP contribution in [0.5, 0.6) is 0 Å². The fraction of sp³-hybridized carbons (Fsp3) is 0.304. The van der Waals surface area contributed by atoms with Gasteiger partial charge >= 0.3 is 0 Å². The third-order valence-electron chi connectivity index (χ3n) is 5.21. The van der Waals surface area contributed by atoms with Gasteiger partial charge in [0.1, 0.15) is 0 Å². The summed E-state index contributed by atoms with van der Waals surface area (Å²) in [5.74, 6) is 0.694. The molecule has 0 saturated carbocycles. The maximum atomic E-state index is 12.6. The lowest BCUT2D eigenvalue weighted by atomic mass is 10.1. The largest absolute Gasteiger partial charge is 0.341 e. The molecule has 2 aromatic carbocycles. The highest BCUT2D eigenvalue weighted by atomic mass is 32.2. The lowest BCUT2D eigenvalue weighted by Gasteiger charge is -2.18. The van der Waals surface area contributed by atoms with Crippen molar-refractivity contribution in [1.82, 2.24) is 14.8 Å². The first-order valence-electron chi connectivity index (χ1n) is 10.3. The summed E-state index contributed by atoms with van der Waals surface area (Å²) in [5.41, 5.74) is 3.18. The van der Waals surface area contributed by atoms with Crippen LogP contribution in [-0.2, 0) is 4.79 Å². The molecule has 0 aliphatic carbocycles. The summed E-state index contributed by atoms with van der Waals surface area (Å²) in [7, 11) is 0. The molecule has 3 aromatic rings. The van der Waals surface area contributed by atoms with Crippen LogP contribution >= 0.6 is 11.8 Å². The van der Waals surface area contributed by atoms with Gasteiger partial charge in [0.05, 0.1) is 17.1 Å². The molecule has 1 N–H and O–H groups in total. The van der Waals surface area contributed by atoms with Gasteiger partial charge in [-0.1, -0.05) is 41.6 Å². The van der Waals surface area contributed by atoms with Crippen LogP contribution in [0.3, 0.4) is 0 Å². The van der Waals surface area contributed by atoms with E-state index in [0.717, 1.165) is 37.6 Å². The fourth-order valence-corrected chi connectivity index (χ4v) is 4.36. The number of carbonyl (C=O) groups excluding carboxylic acids is 2. The Hall–Kier alpha value is -3.13. The number of anilines is 2. The maximum absolute atomic E-state index is 12.6. The molecule has 1 aliphatic heterocycles. The van der Waals surface area contributed by atoms with Crippen molar-refractivity contribution < 1.29 is 9.59 Å². The molecular formula is C23H25N5O2S. The second kappa shape index (κ2) is 9.34. The van der Waals surface area contributed by atoms with Crippen molar-refractivity contribution in [2.75, 3.05) is 29.1 Å². The van der Waals surface area contributed by atoms with E-state index in [0.29, 0.717) is 16.4 Å². The molecule has 0 radical (unpaired) electrons. The van der Waals surface area contributed by atoms with Crippen LogP contribution in [0.25, 0.3) is 5.69 Å². The number of thioether (sulfide) groups is 1. The van der Waals surface area contributed by atoms with Gasteiger partial charge in [-0.15, -0.1) is 10.2 Å². The molecule has 0 bridgehead atoms. The van der Waals surface area contributed by atoms with Gasteiger partial charge in [-0.05, 0) is 51.0 Å². The number of nitrogens with zero attached hydrogens (tertiary/aromatic N) is 4. The average Bonchev–Trinajstić information content (AvgIpc) is 3.43. The zero-order valence-electron chi connectivity index (χ0n) is 17.7. The Bertz CT molecular complexity index is 1090. The highest BCUT2D eigenvalue weighted by Crippen LogP contribution is 2.29. The molecule has 1 amide bonds. The smallest absolute Gasteiger partial charge is 0.234 e. The van der Waals surface area contributed by atoms with Crippen molar-refractivity contribution in [3.05, 3.63) is 59.7 Å². The van der Waals surface area contributed by atoms with Crippen LogP contribution in [0.2, 0.25) is 0 Å². The van der Waals surface area contributed by atoms with E-state index in [9.17, 15) is 9.59 Å². The van der Waals surface area contributed by atoms with Crippen LogP contribution in [0.4, 0.5) is 11.6 Å². The van der Waals surface area contributed by atoms with Crippen molar-refractivity contribution in [2.24, 2.45) is 0 Å². The number of rotatable bonds is 7. The minimum Gasteiger partial charge on any atom is -0.341 e. The number of ketones is 1. The number of Topliss-reactive ketones (excluding diaryl/α,β-unsaturated/α-hetero) is 1. The topological polar surface area (TPSA) is 80.1 Å². The molecule has 31 heavy (non-hydrogen) atoms. The highest BCUT2D eigenvalue weighted by molar-refractivity contribution is 7.99. The van der Waals surface area contributed by atoms with E-state index in [1.165, 1.54) is 24.2 Å². The Morgan fingerprint density at radius 2 is 1.74 bits per heavy atom. The van der Waals surface area contributed by atoms with Crippen molar-refractivity contribution in [1.29, 1.82) is 0 Å². The quantitative estimate of drug-likeness (QED) is 0.444. The Labute approximate surface area is 185 Å². The fourth-order valence-electron chi connectivity index (χ4n) is 3.61. The number of hydrogen-bond donors (Lipinski definition) is 1. The normalized spacial score (nSPS) is 13.4. The third-order valence-corrected chi connectivity index (χ3v) is 6.14. The summed E-state index contributed by atoms with van der Waals surface area (Å²) in [6.07, 6.45) is 2.28. The molecule has 8 heteroatoms. The predicted molar refractivity (Wildman–Crippen MR) is 123 cm³/mol. The van der Waals surface area contributed by atoms with Gasteiger partial charge in [0, 0.05) is 18.7 Å². The summed E-state index contributed by atoms with van der Waals surface area (Å²) >= 11 is 1.33. The van der Waals surface area contributed by atoms with Crippen LogP contribution < -0.4 is 10.2 Å². The number of amides is 1. The van der Waals surface area contributed by atoms with Crippen LogP contribution in [0.1, 0.15) is 35.7 Å². The van der Waals surface area contributed by atoms with E-state index in [1.54, 1.807) is 24.3 Å². The Kier molecular flexibility index (Phi) is 6.36. The maximum Gasteiger partial charge on any atom is 0.234 e. The molecule has 0 spiro atoms. The van der Waals surface area contributed by atoms with Crippen molar-refractivity contribution in [3.63, 3.8) is 0 Å². The van der Waals surface area contributed by atoms with E-state index in [1.807, 2.05) is 16.7 Å². The number of nitrogens with one attached hydrogen (secondary N) is 1. The average molecular weight is 436 g/mol. The van der Waals surface area contributed by atoms with Crippen molar-refractivity contribution in [3.8, 4) is 5.69 Å². The van der Waals surface area contributed by atoms with Crippen molar-refractivity contribution in [2.45, 2.75) is 31.8 Å². The van der Waals surface area contributed by atoms with Crippen LogP contribution in [-0.4, -0.2) is 45.3 Å². The van der Waals surface area contributed by atoms with Crippen LogP contribution in [0, 0.1) is 6.92 Å². The summed E-state index contributed by atoms with van der Waals surface area (Å²) < 4.78 is 2.02. The molecule has 1 saturated heterocycles. The zero-order valence-corrected chi connectivity index (χ0v) is 18.5. The number of hydrogen-bond acceptors (Lipinski definition) is 6. The second-order valence-corrected chi connectivity index (χ2v) is 8.53. The number of para-hydroxylation sites is 1. The van der Waals surface area contributed by atoms with Gasteiger partial charge in [0.25, 0.3) is 0 Å². The molecule has 7 nitrogen and oxygen atoms in total. The Balaban J connectivity index is 1.54. The summed E-state index contributed by atoms with van der Waals surface area (Å²) in [5, 5.41) is 12.3. The molecule has 4 rings (SSSR count). The van der Waals surface area contributed by atoms with Gasteiger partial charge in [-0.2, -0.15) is 0 Å². The summed E-state index contributed by atoms with van der Waals surface area (Å²) in [6.45, 7) is 5.45. The lowest BCUT2D eigenvalue weighted by molar-refractivity contribution is -0.113. The number of carbonyl (C=O) groups is 2. The lowest BCUT2D eigenvalue weighted by Crippen LogP contribution is -2.22. The van der Waals surface area contributed by atoms with Crippen LogP contribution in [0.15, 0.2) is 53.7 Å². The zero-order chi connectivity index (χ0) is 21.8. The molecule has 1 fully saturated rings.